The van der Waals surface area contributed by atoms with E-state index in [0.29, 0.717) is 39.5 Å². The zero-order valence-corrected chi connectivity index (χ0v) is 14.5. The molecule has 1 atom stereocenters. The van der Waals surface area contributed by atoms with Crippen LogP contribution < -0.4 is 4.90 Å². The average Bonchev–Trinajstić information content (AvgIpc) is 2.68. The molecule has 0 radical (unpaired) electrons. The minimum absolute atomic E-state index is 0.0607. The number of aryl methyl sites for hydroxylation is 1. The van der Waals surface area contributed by atoms with Crippen molar-refractivity contribution >= 4 is 22.6 Å². The van der Waals surface area contributed by atoms with Crippen molar-refractivity contribution in [1.29, 1.82) is 0 Å². The molecule has 25 heavy (non-hydrogen) atoms. The summed E-state index contributed by atoms with van der Waals surface area (Å²) in [7, 11) is 0. The van der Waals surface area contributed by atoms with Gasteiger partial charge in [-0.1, -0.05) is 18.2 Å². The summed E-state index contributed by atoms with van der Waals surface area (Å²) in [6.07, 6.45) is -0.430. The molecule has 0 N–H and O–H groups in total. The van der Waals surface area contributed by atoms with Crippen LogP contribution >= 0.6 is 0 Å². The van der Waals surface area contributed by atoms with Crippen LogP contribution in [0.5, 0.6) is 0 Å². The second-order valence-electron chi connectivity index (χ2n) is 6.56. The molecule has 1 unspecified atom stereocenters. The molecule has 1 aromatic carbocycles. The number of anilines is 1. The standard InChI is InChI=1S/C19H23N3O3/c1-14-12-18(20-16-5-3-2-4-15(14)16)22-8-11-25-17(13-22)19(23)21-6-9-24-10-7-21/h2-5,12,17H,6-11,13H2,1H3. The van der Waals surface area contributed by atoms with E-state index in [4.69, 9.17) is 14.5 Å². The maximum atomic E-state index is 12.7. The van der Waals surface area contributed by atoms with Crippen molar-refractivity contribution in [2.24, 2.45) is 0 Å². The predicted octanol–water partition coefficient (Wildman–Crippen LogP) is 1.61. The molecule has 2 aliphatic heterocycles. The molecule has 2 aliphatic rings. The van der Waals surface area contributed by atoms with Gasteiger partial charge in [0, 0.05) is 25.0 Å². The second-order valence-corrected chi connectivity index (χ2v) is 6.56. The summed E-state index contributed by atoms with van der Waals surface area (Å²) in [5.41, 5.74) is 2.18. The zero-order valence-electron chi connectivity index (χ0n) is 14.5. The number of aromatic nitrogens is 1. The SMILES string of the molecule is Cc1cc(N2CCOC(C(=O)N3CCOCC3)C2)nc2ccccc12. The van der Waals surface area contributed by atoms with Crippen LogP contribution in [0.4, 0.5) is 5.82 Å². The molecule has 6 nitrogen and oxygen atoms in total. The maximum absolute atomic E-state index is 12.7. The van der Waals surface area contributed by atoms with Crippen molar-refractivity contribution in [2.75, 3.05) is 50.9 Å². The van der Waals surface area contributed by atoms with Gasteiger partial charge in [-0.25, -0.2) is 4.98 Å². The van der Waals surface area contributed by atoms with Gasteiger partial charge in [-0.15, -0.1) is 0 Å². The third-order valence-electron chi connectivity index (χ3n) is 4.90. The molecule has 2 aromatic rings. The molecule has 0 aliphatic carbocycles. The highest BCUT2D eigenvalue weighted by Gasteiger charge is 2.31. The Morgan fingerprint density at radius 1 is 1.16 bits per heavy atom. The minimum atomic E-state index is -0.430. The van der Waals surface area contributed by atoms with Gasteiger partial charge in [-0.2, -0.15) is 0 Å². The van der Waals surface area contributed by atoms with Crippen molar-refractivity contribution in [3.63, 3.8) is 0 Å². The van der Waals surface area contributed by atoms with E-state index in [0.717, 1.165) is 17.9 Å². The topological polar surface area (TPSA) is 54.9 Å². The highest BCUT2D eigenvalue weighted by atomic mass is 16.5. The lowest BCUT2D eigenvalue weighted by atomic mass is 10.1. The number of rotatable bonds is 2. The summed E-state index contributed by atoms with van der Waals surface area (Å²) in [6.45, 7) is 6.43. The molecule has 0 bridgehead atoms. The van der Waals surface area contributed by atoms with Gasteiger partial charge in [0.25, 0.3) is 5.91 Å². The van der Waals surface area contributed by atoms with Gasteiger partial charge in [-0.05, 0) is 24.6 Å². The minimum Gasteiger partial charge on any atom is -0.378 e. The average molecular weight is 341 g/mol. The fraction of sp³-hybridized carbons (Fsp3) is 0.474. The molecule has 0 spiro atoms. The number of nitrogens with zero attached hydrogens (tertiary/aromatic N) is 3. The van der Waals surface area contributed by atoms with Crippen LogP contribution in [0.1, 0.15) is 5.56 Å². The summed E-state index contributed by atoms with van der Waals surface area (Å²) in [5, 5.41) is 1.17. The summed E-state index contributed by atoms with van der Waals surface area (Å²) >= 11 is 0. The number of carbonyl (C=O) groups is 1. The summed E-state index contributed by atoms with van der Waals surface area (Å²) in [4.78, 5) is 21.5. The third kappa shape index (κ3) is 3.32. The van der Waals surface area contributed by atoms with E-state index in [1.165, 1.54) is 10.9 Å². The van der Waals surface area contributed by atoms with Gasteiger partial charge in [0.15, 0.2) is 6.10 Å². The van der Waals surface area contributed by atoms with Crippen LogP contribution in [0.2, 0.25) is 0 Å². The molecule has 3 heterocycles. The van der Waals surface area contributed by atoms with Crippen LogP contribution in [-0.4, -0.2) is 67.9 Å². The van der Waals surface area contributed by atoms with Gasteiger partial charge >= 0.3 is 0 Å². The Kier molecular flexibility index (Phi) is 4.55. The molecule has 4 rings (SSSR count). The molecule has 2 fully saturated rings. The van der Waals surface area contributed by atoms with E-state index in [2.05, 4.69) is 24.0 Å². The maximum Gasteiger partial charge on any atom is 0.253 e. The number of benzene rings is 1. The highest BCUT2D eigenvalue weighted by Crippen LogP contribution is 2.24. The number of morpholine rings is 2. The lowest BCUT2D eigenvalue weighted by Gasteiger charge is -2.36. The molecule has 1 aromatic heterocycles. The smallest absolute Gasteiger partial charge is 0.253 e. The quantitative estimate of drug-likeness (QED) is 0.831. The normalized spacial score (nSPS) is 21.6. The number of hydrogen-bond donors (Lipinski definition) is 0. The van der Waals surface area contributed by atoms with Gasteiger partial charge in [0.1, 0.15) is 5.82 Å². The van der Waals surface area contributed by atoms with E-state index in [1.807, 2.05) is 23.1 Å². The van der Waals surface area contributed by atoms with Crippen molar-refractivity contribution in [3.05, 3.63) is 35.9 Å². The Labute approximate surface area is 147 Å². The van der Waals surface area contributed by atoms with Crippen LogP contribution in [0.3, 0.4) is 0 Å². The highest BCUT2D eigenvalue weighted by molar-refractivity contribution is 5.84. The number of ether oxygens (including phenoxy) is 2. The molecule has 1 amide bonds. The molecular weight excluding hydrogens is 318 g/mol. The fourth-order valence-electron chi connectivity index (χ4n) is 3.49. The summed E-state index contributed by atoms with van der Waals surface area (Å²) in [6, 6.07) is 10.3. The fourth-order valence-corrected chi connectivity index (χ4v) is 3.49. The van der Waals surface area contributed by atoms with Gasteiger partial charge in [0.05, 0.1) is 31.9 Å². The van der Waals surface area contributed by atoms with Crippen LogP contribution in [0, 0.1) is 6.92 Å². The molecule has 2 saturated heterocycles. The largest absolute Gasteiger partial charge is 0.378 e. The Balaban J connectivity index is 1.54. The Morgan fingerprint density at radius 3 is 2.80 bits per heavy atom. The van der Waals surface area contributed by atoms with E-state index in [-0.39, 0.29) is 5.91 Å². The first-order valence-corrected chi connectivity index (χ1v) is 8.82. The number of pyridine rings is 1. The van der Waals surface area contributed by atoms with E-state index in [9.17, 15) is 4.79 Å². The van der Waals surface area contributed by atoms with Gasteiger partial charge < -0.3 is 19.3 Å². The lowest BCUT2D eigenvalue weighted by molar-refractivity contribution is -0.148. The third-order valence-corrected chi connectivity index (χ3v) is 4.90. The Hall–Kier alpha value is -2.18. The first kappa shape index (κ1) is 16.3. The summed E-state index contributed by atoms with van der Waals surface area (Å²) < 4.78 is 11.1. The van der Waals surface area contributed by atoms with Crippen molar-refractivity contribution in [1.82, 2.24) is 9.88 Å². The zero-order chi connectivity index (χ0) is 17.2. The molecular formula is C19H23N3O3. The van der Waals surface area contributed by atoms with Crippen LogP contribution in [-0.2, 0) is 14.3 Å². The number of hydrogen-bond acceptors (Lipinski definition) is 5. The van der Waals surface area contributed by atoms with E-state index >= 15 is 0 Å². The number of carbonyl (C=O) groups excluding carboxylic acids is 1. The number of para-hydroxylation sites is 1. The van der Waals surface area contributed by atoms with E-state index in [1.54, 1.807) is 0 Å². The Morgan fingerprint density at radius 2 is 1.96 bits per heavy atom. The van der Waals surface area contributed by atoms with Crippen molar-refractivity contribution in [2.45, 2.75) is 13.0 Å². The lowest BCUT2D eigenvalue weighted by Crippen LogP contribution is -2.53. The van der Waals surface area contributed by atoms with Crippen molar-refractivity contribution in [3.8, 4) is 0 Å². The van der Waals surface area contributed by atoms with Gasteiger partial charge in [0.2, 0.25) is 0 Å². The predicted molar refractivity (Wildman–Crippen MR) is 95.8 cm³/mol. The number of amides is 1. The van der Waals surface area contributed by atoms with Crippen LogP contribution in [0.15, 0.2) is 30.3 Å². The van der Waals surface area contributed by atoms with Gasteiger partial charge in [-0.3, -0.25) is 4.79 Å². The Bertz CT molecular complexity index is 774. The summed E-state index contributed by atoms with van der Waals surface area (Å²) in [5.74, 6) is 0.977. The molecule has 0 saturated carbocycles. The van der Waals surface area contributed by atoms with Crippen LogP contribution in [0.25, 0.3) is 10.9 Å². The molecule has 132 valence electrons. The first-order chi connectivity index (χ1) is 12.2. The first-order valence-electron chi connectivity index (χ1n) is 8.82. The molecule has 6 heteroatoms. The number of fused-ring (bicyclic) bond motifs is 1. The second kappa shape index (κ2) is 6.98. The monoisotopic (exact) mass is 341 g/mol. The van der Waals surface area contributed by atoms with E-state index < -0.39 is 6.10 Å². The van der Waals surface area contributed by atoms with Crippen molar-refractivity contribution < 1.29 is 14.3 Å².